The van der Waals surface area contributed by atoms with Gasteiger partial charge in [0.25, 0.3) is 0 Å². The first-order valence-corrected chi connectivity index (χ1v) is 8.43. The van der Waals surface area contributed by atoms with Crippen molar-refractivity contribution in [2.45, 2.75) is 17.7 Å². The SMILES string of the molecule is COc1ccccc1CCCS(=O)(=O)c1cccnc1C#N. The van der Waals surface area contributed by atoms with Crippen LogP contribution in [0.5, 0.6) is 5.75 Å². The van der Waals surface area contributed by atoms with E-state index in [0.29, 0.717) is 12.8 Å². The van der Waals surface area contributed by atoms with Crippen LogP contribution in [-0.2, 0) is 16.3 Å². The highest BCUT2D eigenvalue weighted by Crippen LogP contribution is 2.20. The molecule has 0 aliphatic carbocycles. The minimum absolute atomic E-state index is 0.00229. The van der Waals surface area contributed by atoms with Gasteiger partial charge in [0.15, 0.2) is 15.5 Å². The summed E-state index contributed by atoms with van der Waals surface area (Å²) in [7, 11) is -1.93. The number of para-hydroxylation sites is 1. The molecule has 0 N–H and O–H groups in total. The number of hydrogen-bond acceptors (Lipinski definition) is 5. The Bertz CT molecular complexity index is 795. The maximum atomic E-state index is 12.3. The molecule has 2 rings (SSSR count). The van der Waals surface area contributed by atoms with E-state index in [1.165, 1.54) is 18.3 Å². The number of benzene rings is 1. The van der Waals surface area contributed by atoms with Crippen LogP contribution in [0, 0.1) is 11.3 Å². The highest BCUT2D eigenvalue weighted by molar-refractivity contribution is 7.91. The average Bonchev–Trinajstić information content (AvgIpc) is 2.55. The summed E-state index contributed by atoms with van der Waals surface area (Å²) in [6, 6.07) is 12.3. The summed E-state index contributed by atoms with van der Waals surface area (Å²) in [5.74, 6) is 0.713. The van der Waals surface area contributed by atoms with Crippen LogP contribution in [-0.4, -0.2) is 26.3 Å². The van der Waals surface area contributed by atoms with Crippen molar-refractivity contribution in [3.05, 3.63) is 53.9 Å². The largest absolute Gasteiger partial charge is 0.496 e. The number of nitriles is 1. The first-order chi connectivity index (χ1) is 10.6. The fraction of sp³-hybridized carbons (Fsp3) is 0.250. The average molecular weight is 316 g/mol. The number of nitrogens with zero attached hydrogens (tertiary/aromatic N) is 2. The van der Waals surface area contributed by atoms with E-state index >= 15 is 0 Å². The highest BCUT2D eigenvalue weighted by Gasteiger charge is 2.19. The molecule has 0 saturated carbocycles. The summed E-state index contributed by atoms with van der Waals surface area (Å²) in [6.45, 7) is 0. The van der Waals surface area contributed by atoms with Crippen molar-refractivity contribution in [3.8, 4) is 11.8 Å². The lowest BCUT2D eigenvalue weighted by atomic mass is 10.1. The van der Waals surface area contributed by atoms with Crippen LogP contribution in [0.2, 0.25) is 0 Å². The van der Waals surface area contributed by atoms with E-state index in [4.69, 9.17) is 10.00 Å². The molecule has 5 nitrogen and oxygen atoms in total. The summed E-state index contributed by atoms with van der Waals surface area (Å²) in [4.78, 5) is 3.79. The lowest BCUT2D eigenvalue weighted by Crippen LogP contribution is -2.10. The Labute approximate surface area is 130 Å². The van der Waals surface area contributed by atoms with Crippen LogP contribution in [0.15, 0.2) is 47.5 Å². The molecule has 0 bridgehead atoms. The third-order valence-corrected chi connectivity index (χ3v) is 5.09. The first kappa shape index (κ1) is 16.0. The maximum Gasteiger partial charge on any atom is 0.181 e. The topological polar surface area (TPSA) is 80.1 Å². The van der Waals surface area contributed by atoms with Crippen LogP contribution < -0.4 is 4.74 Å². The zero-order valence-electron chi connectivity index (χ0n) is 12.2. The van der Waals surface area contributed by atoms with E-state index in [0.717, 1.165) is 11.3 Å². The Kier molecular flexibility index (Phi) is 5.12. The second-order valence-corrected chi connectivity index (χ2v) is 6.77. The highest BCUT2D eigenvalue weighted by atomic mass is 32.2. The summed E-state index contributed by atoms with van der Waals surface area (Å²) < 4.78 is 29.9. The first-order valence-electron chi connectivity index (χ1n) is 6.78. The number of rotatable bonds is 6. The molecule has 114 valence electrons. The molecule has 0 aliphatic rings. The van der Waals surface area contributed by atoms with Crippen LogP contribution in [0.25, 0.3) is 0 Å². The molecule has 6 heteroatoms. The minimum atomic E-state index is -3.52. The van der Waals surface area contributed by atoms with Crippen molar-refractivity contribution >= 4 is 9.84 Å². The third-order valence-electron chi connectivity index (χ3n) is 3.26. The second kappa shape index (κ2) is 7.05. The van der Waals surface area contributed by atoms with E-state index in [9.17, 15) is 8.42 Å². The van der Waals surface area contributed by atoms with Gasteiger partial charge < -0.3 is 4.74 Å². The number of aromatic nitrogens is 1. The molecular weight excluding hydrogens is 300 g/mol. The summed E-state index contributed by atoms with van der Waals surface area (Å²) in [5, 5.41) is 8.96. The number of methoxy groups -OCH3 is 1. The molecule has 1 aromatic carbocycles. The molecule has 0 atom stereocenters. The van der Waals surface area contributed by atoms with E-state index in [1.54, 1.807) is 7.11 Å². The van der Waals surface area contributed by atoms with Crippen LogP contribution >= 0.6 is 0 Å². The molecule has 0 spiro atoms. The fourth-order valence-corrected chi connectivity index (χ4v) is 3.62. The lowest BCUT2D eigenvalue weighted by molar-refractivity contribution is 0.409. The van der Waals surface area contributed by atoms with Gasteiger partial charge in [-0.3, -0.25) is 0 Å². The van der Waals surface area contributed by atoms with Gasteiger partial charge >= 0.3 is 0 Å². The Balaban J connectivity index is 2.09. The van der Waals surface area contributed by atoms with Crippen molar-refractivity contribution in [2.24, 2.45) is 0 Å². The maximum absolute atomic E-state index is 12.3. The number of sulfone groups is 1. The monoisotopic (exact) mass is 316 g/mol. The Morgan fingerprint density at radius 2 is 2.00 bits per heavy atom. The van der Waals surface area contributed by atoms with Gasteiger partial charge in [-0.2, -0.15) is 5.26 Å². The number of pyridine rings is 1. The zero-order valence-corrected chi connectivity index (χ0v) is 13.0. The van der Waals surface area contributed by atoms with Gasteiger partial charge in [-0.15, -0.1) is 0 Å². The van der Waals surface area contributed by atoms with Gasteiger partial charge in [-0.25, -0.2) is 13.4 Å². The quantitative estimate of drug-likeness (QED) is 0.817. The summed E-state index contributed by atoms with van der Waals surface area (Å²) in [6.07, 6.45) is 2.44. The number of hydrogen-bond donors (Lipinski definition) is 0. The standard InChI is InChI=1S/C16H16N2O3S/c1-21-15-8-3-2-6-13(15)7-5-11-22(19,20)16-9-4-10-18-14(16)12-17/h2-4,6,8-10H,5,7,11H2,1H3. The smallest absolute Gasteiger partial charge is 0.181 e. The van der Waals surface area contributed by atoms with Crippen molar-refractivity contribution < 1.29 is 13.2 Å². The van der Waals surface area contributed by atoms with E-state index < -0.39 is 9.84 Å². The van der Waals surface area contributed by atoms with Gasteiger partial charge in [0.1, 0.15) is 16.7 Å². The van der Waals surface area contributed by atoms with Crippen LogP contribution in [0.4, 0.5) is 0 Å². The predicted molar refractivity (Wildman–Crippen MR) is 82.3 cm³/mol. The number of aryl methyl sites for hydroxylation is 1. The van der Waals surface area contributed by atoms with Crippen LogP contribution in [0.1, 0.15) is 17.7 Å². The van der Waals surface area contributed by atoms with Crippen molar-refractivity contribution in [1.29, 1.82) is 5.26 Å². The molecule has 2 aromatic rings. The van der Waals surface area contributed by atoms with E-state index in [2.05, 4.69) is 4.98 Å². The second-order valence-electron chi connectivity index (χ2n) is 4.70. The lowest BCUT2D eigenvalue weighted by Gasteiger charge is -2.08. The van der Waals surface area contributed by atoms with E-state index in [1.807, 2.05) is 30.3 Å². The van der Waals surface area contributed by atoms with Gasteiger partial charge in [0.05, 0.1) is 12.9 Å². The molecule has 0 saturated heterocycles. The molecule has 0 fully saturated rings. The van der Waals surface area contributed by atoms with Crippen molar-refractivity contribution in [2.75, 3.05) is 12.9 Å². The molecule has 0 aliphatic heterocycles. The number of ether oxygens (including phenoxy) is 1. The molecule has 0 amide bonds. The summed E-state index contributed by atoms with van der Waals surface area (Å²) >= 11 is 0. The Hall–Kier alpha value is -2.39. The minimum Gasteiger partial charge on any atom is -0.496 e. The van der Waals surface area contributed by atoms with Crippen LogP contribution in [0.3, 0.4) is 0 Å². The molecular formula is C16H16N2O3S. The summed E-state index contributed by atoms with van der Waals surface area (Å²) in [5.41, 5.74) is 0.909. The molecule has 1 heterocycles. The van der Waals surface area contributed by atoms with Gasteiger partial charge in [-0.1, -0.05) is 18.2 Å². The predicted octanol–water partition coefficient (Wildman–Crippen LogP) is 2.37. The fourth-order valence-electron chi connectivity index (χ4n) is 2.20. The van der Waals surface area contributed by atoms with Gasteiger partial charge in [0.2, 0.25) is 0 Å². The van der Waals surface area contributed by atoms with Crippen molar-refractivity contribution in [1.82, 2.24) is 4.98 Å². The van der Waals surface area contributed by atoms with E-state index in [-0.39, 0.29) is 16.3 Å². The zero-order chi connectivity index (χ0) is 16.0. The third kappa shape index (κ3) is 3.62. The molecule has 22 heavy (non-hydrogen) atoms. The van der Waals surface area contributed by atoms with Gasteiger partial charge in [-0.05, 0) is 36.6 Å². The molecule has 0 radical (unpaired) electrons. The van der Waals surface area contributed by atoms with Crippen molar-refractivity contribution in [3.63, 3.8) is 0 Å². The Morgan fingerprint density at radius 1 is 1.23 bits per heavy atom. The molecule has 1 aromatic heterocycles. The molecule has 0 unspecified atom stereocenters. The normalized spacial score (nSPS) is 10.9. The Morgan fingerprint density at radius 3 is 2.73 bits per heavy atom. The van der Waals surface area contributed by atoms with Gasteiger partial charge in [0, 0.05) is 6.20 Å².